The van der Waals surface area contributed by atoms with Gasteiger partial charge in [-0.3, -0.25) is 9.69 Å². The Labute approximate surface area is 145 Å². The van der Waals surface area contributed by atoms with Crippen LogP contribution in [0.4, 0.5) is 0 Å². The van der Waals surface area contributed by atoms with E-state index in [1.807, 2.05) is 4.90 Å². The van der Waals surface area contributed by atoms with Gasteiger partial charge < -0.3 is 30.3 Å². The summed E-state index contributed by atoms with van der Waals surface area (Å²) in [5.74, 6) is -1.84. The zero-order valence-electron chi connectivity index (χ0n) is 13.8. The number of hydrogen-bond donors (Lipinski definition) is 5. The van der Waals surface area contributed by atoms with Crippen LogP contribution in [0, 0.1) is 0 Å². The van der Waals surface area contributed by atoms with Gasteiger partial charge in [0.1, 0.15) is 23.2 Å². The minimum Gasteiger partial charge on any atom is -0.507 e. The lowest BCUT2D eigenvalue weighted by Gasteiger charge is -2.38. The highest BCUT2D eigenvalue weighted by Crippen LogP contribution is 2.33. The molecule has 0 unspecified atom stereocenters. The molecule has 0 saturated carbocycles. The Hall–Kier alpha value is -2.30. The highest BCUT2D eigenvalue weighted by molar-refractivity contribution is 6.41. The number of nitrogens with zero attached hydrogens (tertiary/aromatic N) is 1. The number of aromatic hydroxyl groups is 1. The highest BCUT2D eigenvalue weighted by atomic mass is 16.5. The summed E-state index contributed by atoms with van der Waals surface area (Å²) in [5, 5.41) is 39.8. The predicted octanol–water partition coefficient (Wildman–Crippen LogP) is -1.09. The van der Waals surface area contributed by atoms with E-state index < -0.39 is 18.8 Å². The van der Waals surface area contributed by atoms with E-state index in [9.17, 15) is 19.8 Å². The molecule has 1 aliphatic heterocycles. The number of phenols is 1. The third-order valence-corrected chi connectivity index (χ3v) is 3.97. The smallest absolute Gasteiger partial charge is 0.451 e. The molecule has 9 nitrogen and oxygen atoms in total. The molecule has 1 aliphatic rings. The number of amides is 1. The first-order valence-corrected chi connectivity index (χ1v) is 7.85. The zero-order valence-corrected chi connectivity index (χ0v) is 13.8. The SMILES string of the molecule is CNC(=O)CN1CC(Oc2ccc(CCB(O)O)c(O)c2C(=O)O)C1. The maximum atomic E-state index is 11.5. The van der Waals surface area contributed by atoms with Crippen LogP contribution >= 0.6 is 0 Å². The summed E-state index contributed by atoms with van der Waals surface area (Å²) in [4.78, 5) is 24.6. The molecule has 1 aromatic rings. The summed E-state index contributed by atoms with van der Waals surface area (Å²) in [5.41, 5.74) is -0.0533. The number of carbonyl (C=O) groups is 2. The molecule has 0 bridgehead atoms. The number of carboxylic acids is 1. The van der Waals surface area contributed by atoms with E-state index in [-0.39, 0.29) is 42.6 Å². The molecule has 1 aromatic carbocycles. The van der Waals surface area contributed by atoms with Gasteiger partial charge >= 0.3 is 13.1 Å². The lowest BCUT2D eigenvalue weighted by molar-refractivity contribution is -0.124. The van der Waals surface area contributed by atoms with Crippen LogP contribution in [0.15, 0.2) is 12.1 Å². The van der Waals surface area contributed by atoms with Gasteiger partial charge in [-0.25, -0.2) is 4.79 Å². The second-order valence-electron chi connectivity index (χ2n) is 5.88. The van der Waals surface area contributed by atoms with E-state index in [1.165, 1.54) is 12.1 Å². The summed E-state index contributed by atoms with van der Waals surface area (Å²) < 4.78 is 5.64. The number of rotatable bonds is 8. The molecule has 0 radical (unpaired) electrons. The summed E-state index contributed by atoms with van der Waals surface area (Å²) in [7, 11) is 0.0138. The molecule has 1 saturated heterocycles. The monoisotopic (exact) mass is 352 g/mol. The van der Waals surface area contributed by atoms with Gasteiger partial charge in [-0.2, -0.15) is 0 Å². The maximum absolute atomic E-state index is 11.5. The fourth-order valence-electron chi connectivity index (χ4n) is 2.59. The number of nitrogens with one attached hydrogen (secondary N) is 1. The molecule has 1 heterocycles. The topological polar surface area (TPSA) is 140 Å². The van der Waals surface area contributed by atoms with E-state index in [1.54, 1.807) is 7.05 Å². The van der Waals surface area contributed by atoms with Gasteiger partial charge in [0.05, 0.1) is 6.54 Å². The lowest BCUT2D eigenvalue weighted by Crippen LogP contribution is -2.56. The molecule has 0 spiro atoms. The van der Waals surface area contributed by atoms with Crippen LogP contribution in [0.25, 0.3) is 0 Å². The Kier molecular flexibility index (Phi) is 6.24. The van der Waals surface area contributed by atoms with Crippen LogP contribution in [0.2, 0.25) is 6.32 Å². The number of hydrogen-bond acceptors (Lipinski definition) is 7. The van der Waals surface area contributed by atoms with Crippen molar-refractivity contribution in [1.82, 2.24) is 10.2 Å². The standard InChI is InChI=1S/C15H21BN2O7/c1-17-12(19)8-18-6-10(7-18)25-11-3-2-9(4-5-16(23)24)14(20)13(11)15(21)22/h2-3,10,20,23-24H,4-8H2,1H3,(H,17,19)(H,21,22). The molecule has 1 fully saturated rings. The van der Waals surface area contributed by atoms with Crippen molar-refractivity contribution in [3.63, 3.8) is 0 Å². The Balaban J connectivity index is 2.05. The Bertz CT molecular complexity index is 647. The van der Waals surface area contributed by atoms with Crippen LogP contribution in [0.5, 0.6) is 11.5 Å². The average Bonchev–Trinajstić information content (AvgIpc) is 2.51. The number of likely N-dealkylation sites (N-methyl/N-ethyl adjacent to an activating group) is 1. The largest absolute Gasteiger partial charge is 0.507 e. The number of ether oxygens (including phenoxy) is 1. The summed E-state index contributed by atoms with van der Waals surface area (Å²) in [6, 6.07) is 2.95. The average molecular weight is 352 g/mol. The van der Waals surface area contributed by atoms with Crippen LogP contribution in [0.3, 0.4) is 0 Å². The van der Waals surface area contributed by atoms with Crippen molar-refractivity contribution < 1.29 is 34.6 Å². The third kappa shape index (κ3) is 4.85. The minimum absolute atomic E-state index is 0.0239. The molecular weight excluding hydrogens is 331 g/mol. The Morgan fingerprint density at radius 1 is 1.36 bits per heavy atom. The van der Waals surface area contributed by atoms with Crippen molar-refractivity contribution in [3.05, 3.63) is 23.3 Å². The fourth-order valence-corrected chi connectivity index (χ4v) is 2.59. The maximum Gasteiger partial charge on any atom is 0.451 e. The summed E-state index contributed by atoms with van der Waals surface area (Å²) >= 11 is 0. The van der Waals surface area contributed by atoms with E-state index >= 15 is 0 Å². The van der Waals surface area contributed by atoms with Crippen LogP contribution in [0.1, 0.15) is 15.9 Å². The molecule has 136 valence electrons. The van der Waals surface area contributed by atoms with Gasteiger partial charge in [0.25, 0.3) is 0 Å². The zero-order chi connectivity index (χ0) is 18.6. The Morgan fingerprint density at radius 3 is 2.60 bits per heavy atom. The van der Waals surface area contributed by atoms with E-state index in [0.717, 1.165) is 0 Å². The molecule has 25 heavy (non-hydrogen) atoms. The van der Waals surface area contributed by atoms with E-state index in [2.05, 4.69) is 5.32 Å². The van der Waals surface area contributed by atoms with Gasteiger partial charge in [0.15, 0.2) is 0 Å². The molecule has 0 aromatic heterocycles. The van der Waals surface area contributed by atoms with E-state index in [0.29, 0.717) is 18.7 Å². The number of likely N-dealkylation sites (tertiary alicyclic amines) is 1. The number of carbonyl (C=O) groups excluding carboxylic acids is 1. The third-order valence-electron chi connectivity index (χ3n) is 3.97. The second kappa shape index (κ2) is 8.19. The molecule has 5 N–H and O–H groups in total. The van der Waals surface area contributed by atoms with Crippen molar-refractivity contribution in [2.45, 2.75) is 18.8 Å². The number of benzene rings is 1. The summed E-state index contributed by atoms with van der Waals surface area (Å²) in [6.45, 7) is 1.20. The highest BCUT2D eigenvalue weighted by Gasteiger charge is 2.31. The molecule has 0 aliphatic carbocycles. The van der Waals surface area contributed by atoms with Crippen molar-refractivity contribution in [3.8, 4) is 11.5 Å². The fraction of sp³-hybridized carbons (Fsp3) is 0.467. The summed E-state index contributed by atoms with van der Waals surface area (Å²) in [6.07, 6.45) is -0.177. The van der Waals surface area contributed by atoms with Crippen LogP contribution in [-0.4, -0.2) is 76.9 Å². The molecule has 0 atom stereocenters. The molecule has 10 heteroatoms. The second-order valence-corrected chi connectivity index (χ2v) is 5.88. The van der Waals surface area contributed by atoms with Gasteiger partial charge in [0, 0.05) is 20.1 Å². The molecule has 2 rings (SSSR count). The molecular formula is C15H21BN2O7. The van der Waals surface area contributed by atoms with Gasteiger partial charge in [0.2, 0.25) is 5.91 Å². The van der Waals surface area contributed by atoms with Crippen LogP contribution < -0.4 is 10.1 Å². The minimum atomic E-state index is -1.54. The first-order chi connectivity index (χ1) is 11.8. The van der Waals surface area contributed by atoms with Crippen molar-refractivity contribution in [2.75, 3.05) is 26.7 Å². The normalized spacial score (nSPS) is 14.7. The van der Waals surface area contributed by atoms with Gasteiger partial charge in [-0.1, -0.05) is 6.07 Å². The Morgan fingerprint density at radius 2 is 2.04 bits per heavy atom. The van der Waals surface area contributed by atoms with Gasteiger partial charge in [-0.15, -0.1) is 0 Å². The molecule has 1 amide bonds. The van der Waals surface area contributed by atoms with Gasteiger partial charge in [-0.05, 0) is 24.4 Å². The van der Waals surface area contributed by atoms with Crippen molar-refractivity contribution in [1.29, 1.82) is 0 Å². The number of aromatic carboxylic acids is 1. The lowest BCUT2D eigenvalue weighted by atomic mass is 9.82. The first-order valence-electron chi connectivity index (χ1n) is 7.85. The first kappa shape index (κ1) is 19.0. The van der Waals surface area contributed by atoms with Crippen LogP contribution in [-0.2, 0) is 11.2 Å². The van der Waals surface area contributed by atoms with Crippen molar-refractivity contribution >= 4 is 19.0 Å². The quantitative estimate of drug-likeness (QED) is 0.372. The van der Waals surface area contributed by atoms with Crippen molar-refractivity contribution in [2.24, 2.45) is 0 Å². The number of aryl methyl sites for hydroxylation is 1. The van der Waals surface area contributed by atoms with E-state index in [4.69, 9.17) is 14.8 Å². The number of carboxylic acid groups (broad SMARTS) is 1. The predicted molar refractivity (Wildman–Crippen MR) is 88.7 cm³/mol.